The molecule has 2 N–H and O–H groups in total. The fourth-order valence-electron chi connectivity index (χ4n) is 1.67. The SMILES string of the molecule is Cc1oc(C)c(S(=O)(=O)NC(C)C(C)C)c1C(=O)O. The van der Waals surface area contributed by atoms with E-state index in [1.807, 2.05) is 13.8 Å². The molecule has 0 aromatic carbocycles. The summed E-state index contributed by atoms with van der Waals surface area (Å²) in [5.74, 6) is -1.05. The first-order chi connectivity index (χ1) is 8.58. The van der Waals surface area contributed by atoms with Crippen molar-refractivity contribution in [1.29, 1.82) is 0 Å². The number of carboxylic acid groups (broad SMARTS) is 1. The minimum atomic E-state index is -3.91. The molecular formula is C12H19NO5S. The van der Waals surface area contributed by atoms with Crippen LogP contribution >= 0.6 is 0 Å². The van der Waals surface area contributed by atoms with E-state index in [2.05, 4.69) is 4.72 Å². The van der Waals surface area contributed by atoms with Crippen molar-refractivity contribution in [2.45, 2.75) is 45.6 Å². The van der Waals surface area contributed by atoms with Crippen LogP contribution in [-0.4, -0.2) is 25.5 Å². The molecule has 1 atom stereocenters. The molecule has 0 aliphatic carbocycles. The number of hydrogen-bond donors (Lipinski definition) is 2. The van der Waals surface area contributed by atoms with Crippen LogP contribution in [0.15, 0.2) is 9.31 Å². The minimum Gasteiger partial charge on any atom is -0.478 e. The molecule has 0 aliphatic heterocycles. The number of sulfonamides is 1. The second-order valence-corrected chi connectivity index (χ2v) is 6.53. The van der Waals surface area contributed by atoms with Crippen LogP contribution < -0.4 is 4.72 Å². The van der Waals surface area contributed by atoms with Gasteiger partial charge < -0.3 is 9.52 Å². The van der Waals surface area contributed by atoms with Gasteiger partial charge in [0.2, 0.25) is 10.0 Å². The molecule has 0 aliphatic rings. The van der Waals surface area contributed by atoms with Crippen molar-refractivity contribution in [3.05, 3.63) is 17.1 Å². The molecule has 1 unspecified atom stereocenters. The number of hydrogen-bond acceptors (Lipinski definition) is 4. The van der Waals surface area contributed by atoms with E-state index in [1.54, 1.807) is 6.92 Å². The van der Waals surface area contributed by atoms with Gasteiger partial charge in [0.15, 0.2) is 0 Å². The Bertz CT molecular complexity index is 586. The molecule has 0 saturated carbocycles. The molecule has 0 spiro atoms. The molecule has 1 aromatic heterocycles. The fraction of sp³-hybridized carbons (Fsp3) is 0.583. The summed E-state index contributed by atoms with van der Waals surface area (Å²) in [7, 11) is -3.91. The quantitative estimate of drug-likeness (QED) is 0.863. The van der Waals surface area contributed by atoms with E-state index < -0.39 is 16.0 Å². The zero-order valence-electron chi connectivity index (χ0n) is 11.6. The highest BCUT2D eigenvalue weighted by molar-refractivity contribution is 7.89. The van der Waals surface area contributed by atoms with Crippen molar-refractivity contribution in [3.8, 4) is 0 Å². The molecule has 0 saturated heterocycles. The van der Waals surface area contributed by atoms with Gasteiger partial charge in [0.25, 0.3) is 0 Å². The Balaban J connectivity index is 3.33. The highest BCUT2D eigenvalue weighted by atomic mass is 32.2. The van der Waals surface area contributed by atoms with Gasteiger partial charge >= 0.3 is 5.97 Å². The smallest absolute Gasteiger partial charge is 0.340 e. The van der Waals surface area contributed by atoms with Crippen molar-refractivity contribution < 1.29 is 22.7 Å². The Labute approximate surface area is 112 Å². The Morgan fingerprint density at radius 3 is 2.16 bits per heavy atom. The van der Waals surface area contributed by atoms with Gasteiger partial charge in [0, 0.05) is 6.04 Å². The molecule has 0 bridgehead atoms. The standard InChI is InChI=1S/C12H19NO5S/c1-6(2)7(3)13-19(16,17)11-9(5)18-8(4)10(11)12(14)15/h6-7,13H,1-5H3,(H,14,15). The van der Waals surface area contributed by atoms with Crippen LogP contribution in [0, 0.1) is 19.8 Å². The van der Waals surface area contributed by atoms with Crippen molar-refractivity contribution in [3.63, 3.8) is 0 Å². The average Bonchev–Trinajstić information content (AvgIpc) is 2.53. The van der Waals surface area contributed by atoms with Crippen LogP contribution in [0.2, 0.25) is 0 Å². The molecule has 0 radical (unpaired) electrons. The van der Waals surface area contributed by atoms with Gasteiger partial charge in [-0.05, 0) is 26.7 Å². The van der Waals surface area contributed by atoms with Gasteiger partial charge in [-0.1, -0.05) is 13.8 Å². The van der Waals surface area contributed by atoms with Crippen molar-refractivity contribution in [2.24, 2.45) is 5.92 Å². The normalized spacial score (nSPS) is 13.8. The second-order valence-electron chi connectivity index (χ2n) is 4.88. The first-order valence-corrected chi connectivity index (χ1v) is 7.41. The zero-order valence-corrected chi connectivity index (χ0v) is 12.5. The summed E-state index contributed by atoms with van der Waals surface area (Å²) in [6, 6.07) is -0.304. The molecule has 1 rings (SSSR count). The number of carboxylic acids is 1. The van der Waals surface area contributed by atoms with Crippen molar-refractivity contribution in [1.82, 2.24) is 4.72 Å². The first kappa shape index (κ1) is 15.7. The minimum absolute atomic E-state index is 0.0818. The predicted octanol–water partition coefficient (Wildman–Crippen LogP) is 1.92. The zero-order chi connectivity index (χ0) is 15.0. The van der Waals surface area contributed by atoms with Gasteiger partial charge in [-0.15, -0.1) is 0 Å². The lowest BCUT2D eigenvalue weighted by Crippen LogP contribution is -2.36. The van der Waals surface area contributed by atoms with Gasteiger partial charge in [-0.2, -0.15) is 0 Å². The van der Waals surface area contributed by atoms with E-state index in [-0.39, 0.29) is 33.9 Å². The van der Waals surface area contributed by atoms with Crippen molar-refractivity contribution in [2.75, 3.05) is 0 Å². The van der Waals surface area contributed by atoms with Gasteiger partial charge in [0.1, 0.15) is 22.0 Å². The number of aromatic carboxylic acids is 1. The Morgan fingerprint density at radius 1 is 1.21 bits per heavy atom. The lowest BCUT2D eigenvalue weighted by molar-refractivity contribution is 0.0691. The third kappa shape index (κ3) is 3.16. The molecule has 0 amide bonds. The summed E-state index contributed by atoms with van der Waals surface area (Å²) in [4.78, 5) is 10.9. The molecule has 108 valence electrons. The summed E-state index contributed by atoms with van der Waals surface area (Å²) in [5, 5.41) is 9.11. The number of rotatable bonds is 5. The predicted molar refractivity (Wildman–Crippen MR) is 69.8 cm³/mol. The maximum Gasteiger partial charge on any atom is 0.340 e. The van der Waals surface area contributed by atoms with Gasteiger partial charge in [-0.3, -0.25) is 0 Å². The molecule has 6 nitrogen and oxygen atoms in total. The van der Waals surface area contributed by atoms with E-state index in [9.17, 15) is 13.2 Å². The van der Waals surface area contributed by atoms with Crippen molar-refractivity contribution >= 4 is 16.0 Å². The second kappa shape index (κ2) is 5.34. The molecule has 1 aromatic rings. The summed E-state index contributed by atoms with van der Waals surface area (Å²) >= 11 is 0. The highest BCUT2D eigenvalue weighted by Gasteiger charge is 2.31. The Morgan fingerprint density at radius 2 is 1.74 bits per heavy atom. The third-order valence-electron chi connectivity index (χ3n) is 3.03. The van der Waals surface area contributed by atoms with Crippen LogP contribution in [-0.2, 0) is 10.0 Å². The molecule has 7 heteroatoms. The lowest BCUT2D eigenvalue weighted by atomic mass is 10.1. The van der Waals surface area contributed by atoms with E-state index in [4.69, 9.17) is 9.52 Å². The third-order valence-corrected chi connectivity index (χ3v) is 4.74. The highest BCUT2D eigenvalue weighted by Crippen LogP contribution is 2.27. The number of carbonyl (C=O) groups is 1. The average molecular weight is 289 g/mol. The molecular weight excluding hydrogens is 270 g/mol. The fourth-order valence-corrected chi connectivity index (χ4v) is 3.47. The van der Waals surface area contributed by atoms with E-state index in [1.165, 1.54) is 13.8 Å². The van der Waals surface area contributed by atoms with Crippen LogP contribution in [0.1, 0.15) is 42.6 Å². The number of aryl methyl sites for hydroxylation is 2. The molecule has 0 fully saturated rings. The summed E-state index contributed by atoms with van der Waals surface area (Å²) < 4.78 is 32.1. The first-order valence-electron chi connectivity index (χ1n) is 5.93. The van der Waals surface area contributed by atoms with E-state index in [0.717, 1.165) is 0 Å². The maximum atomic E-state index is 12.3. The topological polar surface area (TPSA) is 96.6 Å². The van der Waals surface area contributed by atoms with Crippen LogP contribution in [0.4, 0.5) is 0 Å². The van der Waals surface area contributed by atoms with E-state index in [0.29, 0.717) is 0 Å². The summed E-state index contributed by atoms with van der Waals surface area (Å²) in [6.07, 6.45) is 0. The molecule has 1 heterocycles. The van der Waals surface area contributed by atoms with Gasteiger partial charge in [0.05, 0.1) is 0 Å². The summed E-state index contributed by atoms with van der Waals surface area (Å²) in [6.45, 7) is 8.35. The van der Waals surface area contributed by atoms with Crippen LogP contribution in [0.5, 0.6) is 0 Å². The Kier molecular flexibility index (Phi) is 4.42. The Hall–Kier alpha value is -1.34. The lowest BCUT2D eigenvalue weighted by Gasteiger charge is -2.17. The van der Waals surface area contributed by atoms with E-state index >= 15 is 0 Å². The van der Waals surface area contributed by atoms with Crippen LogP contribution in [0.3, 0.4) is 0 Å². The molecule has 19 heavy (non-hydrogen) atoms. The largest absolute Gasteiger partial charge is 0.478 e. The van der Waals surface area contributed by atoms with Gasteiger partial charge in [-0.25, -0.2) is 17.9 Å². The number of nitrogens with one attached hydrogen (secondary N) is 1. The van der Waals surface area contributed by atoms with Crippen LogP contribution in [0.25, 0.3) is 0 Å². The number of furan rings is 1. The maximum absolute atomic E-state index is 12.3. The monoisotopic (exact) mass is 289 g/mol. The summed E-state index contributed by atoms with van der Waals surface area (Å²) in [5.41, 5.74) is -0.305.